The van der Waals surface area contributed by atoms with Gasteiger partial charge in [-0.1, -0.05) is 71.9 Å². The van der Waals surface area contributed by atoms with Crippen molar-refractivity contribution in [1.29, 1.82) is 0 Å². The van der Waals surface area contributed by atoms with E-state index in [4.69, 9.17) is 19.1 Å². The van der Waals surface area contributed by atoms with Gasteiger partial charge < -0.3 is 19.1 Å². The Morgan fingerprint density at radius 3 is 2.25 bits per heavy atom. The van der Waals surface area contributed by atoms with Crippen molar-refractivity contribution in [3.8, 4) is 28.2 Å². The van der Waals surface area contributed by atoms with E-state index in [0.717, 1.165) is 33.6 Å². The fourth-order valence-corrected chi connectivity index (χ4v) is 3.82. The average Bonchev–Trinajstić information content (AvgIpc) is 3.24. The van der Waals surface area contributed by atoms with Crippen LogP contribution >= 0.6 is 0 Å². The summed E-state index contributed by atoms with van der Waals surface area (Å²) < 4.78 is 16.2. The molecule has 1 heterocycles. The normalized spacial score (nSPS) is 10.6. The van der Waals surface area contributed by atoms with Gasteiger partial charge in [-0.3, -0.25) is 10.1 Å². The van der Waals surface area contributed by atoms with E-state index < -0.39 is 12.1 Å². The SMILES string of the molecule is COc1ccccc1CCOC(=O)Nc1c(C)noc1-c1ccc(-c2ccc(CC(=O)O)cc2)cc1. The largest absolute Gasteiger partial charge is 0.496 e. The van der Waals surface area contributed by atoms with Gasteiger partial charge in [0.2, 0.25) is 0 Å². The van der Waals surface area contributed by atoms with E-state index in [-0.39, 0.29) is 13.0 Å². The third kappa shape index (κ3) is 5.90. The maximum Gasteiger partial charge on any atom is 0.411 e. The third-order valence-electron chi connectivity index (χ3n) is 5.68. The number of aliphatic carboxylic acids is 1. The Labute approximate surface area is 208 Å². The summed E-state index contributed by atoms with van der Waals surface area (Å²) in [7, 11) is 1.60. The van der Waals surface area contributed by atoms with Crippen LogP contribution in [-0.4, -0.2) is 36.0 Å². The van der Waals surface area contributed by atoms with Gasteiger partial charge in [0.1, 0.15) is 17.1 Å². The number of hydrogen-bond donors (Lipinski definition) is 2. The van der Waals surface area contributed by atoms with E-state index >= 15 is 0 Å². The van der Waals surface area contributed by atoms with Gasteiger partial charge in [0.05, 0.1) is 20.1 Å². The van der Waals surface area contributed by atoms with Crippen LogP contribution < -0.4 is 10.1 Å². The van der Waals surface area contributed by atoms with Gasteiger partial charge in [-0.15, -0.1) is 0 Å². The fourth-order valence-electron chi connectivity index (χ4n) is 3.82. The highest BCUT2D eigenvalue weighted by Crippen LogP contribution is 2.32. The minimum atomic E-state index is -0.862. The van der Waals surface area contributed by atoms with Crippen LogP contribution in [0.4, 0.5) is 10.5 Å². The van der Waals surface area contributed by atoms with Crippen molar-refractivity contribution in [3.63, 3.8) is 0 Å². The molecule has 3 aromatic carbocycles. The number of carbonyl (C=O) groups is 2. The molecule has 4 rings (SSSR count). The predicted molar refractivity (Wildman–Crippen MR) is 135 cm³/mol. The minimum Gasteiger partial charge on any atom is -0.496 e. The van der Waals surface area contributed by atoms with E-state index in [0.29, 0.717) is 23.6 Å². The number of carboxylic acid groups (broad SMARTS) is 1. The second kappa shape index (κ2) is 11.2. The molecule has 0 spiro atoms. The maximum atomic E-state index is 12.5. The van der Waals surface area contributed by atoms with Crippen LogP contribution in [0.2, 0.25) is 0 Å². The number of methoxy groups -OCH3 is 1. The Morgan fingerprint density at radius 2 is 1.58 bits per heavy atom. The average molecular weight is 487 g/mol. The molecule has 4 aromatic rings. The van der Waals surface area contributed by atoms with E-state index in [9.17, 15) is 9.59 Å². The highest BCUT2D eigenvalue weighted by atomic mass is 16.5. The third-order valence-corrected chi connectivity index (χ3v) is 5.68. The summed E-state index contributed by atoms with van der Waals surface area (Å²) in [6, 6.07) is 22.6. The Bertz CT molecular complexity index is 1340. The van der Waals surface area contributed by atoms with Gasteiger partial charge in [0, 0.05) is 12.0 Å². The Balaban J connectivity index is 1.41. The van der Waals surface area contributed by atoms with Gasteiger partial charge in [-0.05, 0) is 35.2 Å². The lowest BCUT2D eigenvalue weighted by Crippen LogP contribution is -2.16. The molecular formula is C28H26N2O6. The van der Waals surface area contributed by atoms with Crippen molar-refractivity contribution in [2.75, 3.05) is 19.0 Å². The number of benzene rings is 3. The summed E-state index contributed by atoms with van der Waals surface area (Å²) in [5, 5.41) is 15.7. The zero-order chi connectivity index (χ0) is 25.5. The summed E-state index contributed by atoms with van der Waals surface area (Å²) in [5.74, 6) is 0.315. The summed E-state index contributed by atoms with van der Waals surface area (Å²) in [6.07, 6.45) is -0.0931. The Kier molecular flexibility index (Phi) is 7.65. The number of rotatable bonds is 9. The highest BCUT2D eigenvalue weighted by Gasteiger charge is 2.18. The number of anilines is 1. The molecule has 8 heteroatoms. The molecule has 1 aromatic heterocycles. The van der Waals surface area contributed by atoms with Gasteiger partial charge in [-0.25, -0.2) is 4.79 Å². The van der Waals surface area contributed by atoms with Crippen molar-refractivity contribution in [1.82, 2.24) is 5.16 Å². The molecule has 0 aliphatic rings. The standard InChI is InChI=1S/C28H26N2O6/c1-18-26(29-28(33)35-16-15-22-5-3-4-6-24(22)34-2)27(36-30-18)23-13-11-21(12-14-23)20-9-7-19(8-10-20)17-25(31)32/h3-14H,15-17H2,1-2H3,(H,29,33)(H,31,32). The number of aromatic nitrogens is 1. The van der Waals surface area contributed by atoms with Crippen molar-refractivity contribution < 1.29 is 28.7 Å². The van der Waals surface area contributed by atoms with Gasteiger partial charge in [0.15, 0.2) is 5.76 Å². The first kappa shape index (κ1) is 24.5. The highest BCUT2D eigenvalue weighted by molar-refractivity contribution is 5.91. The van der Waals surface area contributed by atoms with Gasteiger partial charge >= 0.3 is 12.1 Å². The molecule has 0 aliphatic heterocycles. The maximum absolute atomic E-state index is 12.5. The molecule has 0 saturated heterocycles. The van der Waals surface area contributed by atoms with Crippen molar-refractivity contribution in [2.45, 2.75) is 19.8 Å². The second-order valence-corrected chi connectivity index (χ2v) is 8.14. The summed E-state index contributed by atoms with van der Waals surface area (Å²) in [4.78, 5) is 23.3. The van der Waals surface area contributed by atoms with Crippen LogP contribution in [0, 0.1) is 6.92 Å². The van der Waals surface area contributed by atoms with Crippen LogP contribution in [0.5, 0.6) is 5.75 Å². The molecule has 0 aliphatic carbocycles. The number of amides is 1. The van der Waals surface area contributed by atoms with Crippen molar-refractivity contribution in [3.05, 3.63) is 89.6 Å². The molecule has 36 heavy (non-hydrogen) atoms. The summed E-state index contributed by atoms with van der Waals surface area (Å²) >= 11 is 0. The number of para-hydroxylation sites is 1. The number of nitrogens with zero attached hydrogens (tertiary/aromatic N) is 1. The molecule has 0 fully saturated rings. The van der Waals surface area contributed by atoms with E-state index in [1.165, 1.54) is 0 Å². The first-order valence-corrected chi connectivity index (χ1v) is 11.4. The van der Waals surface area contributed by atoms with Gasteiger partial charge in [0.25, 0.3) is 0 Å². The van der Waals surface area contributed by atoms with E-state index in [2.05, 4.69) is 10.5 Å². The minimum absolute atomic E-state index is 0.0112. The molecule has 184 valence electrons. The predicted octanol–water partition coefficient (Wildman–Crippen LogP) is 5.74. The molecular weight excluding hydrogens is 460 g/mol. The lowest BCUT2D eigenvalue weighted by molar-refractivity contribution is -0.136. The number of carbonyl (C=O) groups excluding carboxylic acids is 1. The number of carboxylic acids is 1. The summed E-state index contributed by atoms with van der Waals surface area (Å²) in [5.41, 5.74) is 5.33. The van der Waals surface area contributed by atoms with E-state index in [1.54, 1.807) is 26.2 Å². The number of nitrogens with one attached hydrogen (secondary N) is 1. The van der Waals surface area contributed by atoms with Crippen LogP contribution in [0.1, 0.15) is 16.8 Å². The van der Waals surface area contributed by atoms with Gasteiger partial charge in [-0.2, -0.15) is 0 Å². The number of ether oxygens (including phenoxy) is 2. The number of hydrogen-bond acceptors (Lipinski definition) is 6. The van der Waals surface area contributed by atoms with Crippen LogP contribution in [-0.2, 0) is 22.4 Å². The monoisotopic (exact) mass is 486 g/mol. The Hall–Kier alpha value is -4.59. The lowest BCUT2D eigenvalue weighted by Gasteiger charge is -2.10. The molecule has 0 atom stereocenters. The zero-order valence-electron chi connectivity index (χ0n) is 20.0. The van der Waals surface area contributed by atoms with Crippen LogP contribution in [0.3, 0.4) is 0 Å². The molecule has 2 N–H and O–H groups in total. The molecule has 0 radical (unpaired) electrons. The topological polar surface area (TPSA) is 111 Å². The smallest absolute Gasteiger partial charge is 0.411 e. The van der Waals surface area contributed by atoms with Crippen molar-refractivity contribution in [2.24, 2.45) is 0 Å². The van der Waals surface area contributed by atoms with Crippen LogP contribution in [0.25, 0.3) is 22.5 Å². The van der Waals surface area contributed by atoms with Crippen molar-refractivity contribution >= 4 is 17.7 Å². The first-order chi connectivity index (χ1) is 17.4. The lowest BCUT2D eigenvalue weighted by atomic mass is 10.0. The van der Waals surface area contributed by atoms with E-state index in [1.807, 2.05) is 60.7 Å². The Morgan fingerprint density at radius 1 is 0.944 bits per heavy atom. The molecule has 0 saturated carbocycles. The molecule has 0 bridgehead atoms. The summed E-state index contributed by atoms with van der Waals surface area (Å²) in [6.45, 7) is 1.93. The zero-order valence-corrected chi connectivity index (χ0v) is 20.0. The molecule has 8 nitrogen and oxygen atoms in total. The molecule has 1 amide bonds. The quantitative estimate of drug-likeness (QED) is 0.310. The number of aryl methyl sites for hydroxylation is 1. The fraction of sp³-hybridized carbons (Fsp3) is 0.179. The molecule has 0 unspecified atom stereocenters. The second-order valence-electron chi connectivity index (χ2n) is 8.14. The first-order valence-electron chi connectivity index (χ1n) is 11.4. The van der Waals surface area contributed by atoms with Crippen LogP contribution in [0.15, 0.2) is 77.3 Å².